The number of rotatable bonds is 8. The Morgan fingerprint density at radius 1 is 1.44 bits per heavy atom. The fourth-order valence-electron chi connectivity index (χ4n) is 2.13. The van der Waals surface area contributed by atoms with Crippen LogP contribution >= 0.6 is 11.8 Å². The van der Waals surface area contributed by atoms with Crippen molar-refractivity contribution in [3.8, 4) is 0 Å². The number of hydrogen-bond acceptors (Lipinski definition) is 3. The topological polar surface area (TPSA) is 55.1 Å². The smallest absolute Gasteiger partial charge is 0.220 e. The van der Waals surface area contributed by atoms with E-state index in [0.29, 0.717) is 13.0 Å². The van der Waals surface area contributed by atoms with Gasteiger partial charge < -0.3 is 11.1 Å². The Bertz CT molecular complexity index is 212. The molecule has 0 spiro atoms. The van der Waals surface area contributed by atoms with Crippen molar-refractivity contribution in [1.29, 1.82) is 0 Å². The van der Waals surface area contributed by atoms with E-state index in [1.807, 2.05) is 11.8 Å². The van der Waals surface area contributed by atoms with E-state index in [4.69, 9.17) is 5.73 Å². The van der Waals surface area contributed by atoms with Crippen LogP contribution in [0.5, 0.6) is 0 Å². The lowest BCUT2D eigenvalue weighted by Crippen LogP contribution is -2.42. The van der Waals surface area contributed by atoms with Gasteiger partial charge in [-0.2, -0.15) is 11.8 Å². The van der Waals surface area contributed by atoms with Gasteiger partial charge in [0, 0.05) is 13.0 Å². The molecular formula is C12H24N2OS. The Morgan fingerprint density at radius 2 is 2.19 bits per heavy atom. The van der Waals surface area contributed by atoms with Gasteiger partial charge in [-0.05, 0) is 49.7 Å². The third-order valence-electron chi connectivity index (χ3n) is 3.48. The van der Waals surface area contributed by atoms with Crippen molar-refractivity contribution in [3.63, 3.8) is 0 Å². The second-order valence-electron chi connectivity index (χ2n) is 4.78. The van der Waals surface area contributed by atoms with Crippen molar-refractivity contribution >= 4 is 17.7 Å². The number of nitrogens with one attached hydrogen (secondary N) is 1. The largest absolute Gasteiger partial charge is 0.356 e. The Labute approximate surface area is 103 Å². The lowest BCUT2D eigenvalue weighted by atomic mass is 9.66. The minimum absolute atomic E-state index is 0.142. The van der Waals surface area contributed by atoms with Crippen LogP contribution in [0, 0.1) is 5.41 Å². The van der Waals surface area contributed by atoms with E-state index in [1.165, 1.54) is 18.6 Å². The number of carbonyl (C=O) groups is 1. The summed E-state index contributed by atoms with van der Waals surface area (Å²) in [5, 5.41) is 3.00. The van der Waals surface area contributed by atoms with Crippen molar-refractivity contribution in [1.82, 2.24) is 5.32 Å². The number of thioether (sulfide) groups is 1. The molecule has 1 saturated carbocycles. The van der Waals surface area contributed by atoms with E-state index >= 15 is 0 Å². The molecule has 0 aromatic carbocycles. The maximum atomic E-state index is 11.7. The van der Waals surface area contributed by atoms with Gasteiger partial charge in [0.25, 0.3) is 0 Å². The zero-order valence-electron chi connectivity index (χ0n) is 10.3. The third-order valence-corrected chi connectivity index (χ3v) is 4.18. The van der Waals surface area contributed by atoms with Gasteiger partial charge in [-0.15, -0.1) is 0 Å². The van der Waals surface area contributed by atoms with Crippen molar-refractivity contribution in [2.75, 3.05) is 25.1 Å². The molecule has 0 heterocycles. The maximum Gasteiger partial charge on any atom is 0.220 e. The summed E-state index contributed by atoms with van der Waals surface area (Å²) in [5.74, 6) is 1.37. The summed E-state index contributed by atoms with van der Waals surface area (Å²) in [6.07, 6.45) is 8.50. The summed E-state index contributed by atoms with van der Waals surface area (Å²) in [6.45, 7) is 1.48. The van der Waals surface area contributed by atoms with Gasteiger partial charge in [0.1, 0.15) is 0 Å². The lowest BCUT2D eigenvalue weighted by molar-refractivity contribution is -0.124. The molecule has 1 aliphatic rings. The predicted molar refractivity (Wildman–Crippen MR) is 70.6 cm³/mol. The highest BCUT2D eigenvalue weighted by molar-refractivity contribution is 7.98. The van der Waals surface area contributed by atoms with E-state index in [0.717, 1.165) is 25.8 Å². The molecule has 0 aliphatic heterocycles. The first kappa shape index (κ1) is 13.8. The molecule has 1 fully saturated rings. The van der Waals surface area contributed by atoms with Gasteiger partial charge in [-0.3, -0.25) is 4.79 Å². The second kappa shape index (κ2) is 7.17. The van der Waals surface area contributed by atoms with E-state index in [9.17, 15) is 4.79 Å². The number of nitrogens with two attached hydrogens (primary N) is 1. The number of unbranched alkanes of at least 4 members (excludes halogenated alkanes) is 1. The van der Waals surface area contributed by atoms with Crippen LogP contribution in [-0.4, -0.2) is 31.0 Å². The normalized spacial score (nSPS) is 17.9. The summed E-state index contributed by atoms with van der Waals surface area (Å²) >= 11 is 1.86. The van der Waals surface area contributed by atoms with Crippen molar-refractivity contribution in [2.45, 2.75) is 38.5 Å². The minimum atomic E-state index is 0.142. The van der Waals surface area contributed by atoms with Gasteiger partial charge in [0.05, 0.1) is 0 Å². The highest BCUT2D eigenvalue weighted by atomic mass is 32.2. The molecule has 1 aliphatic carbocycles. The molecule has 4 heteroatoms. The standard InChI is InChI=1S/C12H24N2OS/c1-16-8-3-2-7-14-11(15)9-12(10-13)5-4-6-12/h2-10,13H2,1H3,(H,14,15). The monoisotopic (exact) mass is 244 g/mol. The Kier molecular flexibility index (Phi) is 6.21. The zero-order chi connectivity index (χ0) is 11.9. The molecule has 0 aromatic rings. The molecule has 0 unspecified atom stereocenters. The molecule has 0 bridgehead atoms. The summed E-state index contributed by atoms with van der Waals surface area (Å²) in [7, 11) is 0. The molecular weight excluding hydrogens is 220 g/mol. The summed E-state index contributed by atoms with van der Waals surface area (Å²) in [6, 6.07) is 0. The Hall–Kier alpha value is -0.220. The predicted octanol–water partition coefficient (Wildman–Crippen LogP) is 1.76. The first-order chi connectivity index (χ1) is 7.72. The van der Waals surface area contributed by atoms with Crippen molar-refractivity contribution in [2.24, 2.45) is 11.1 Å². The van der Waals surface area contributed by atoms with E-state index in [2.05, 4.69) is 11.6 Å². The molecule has 0 radical (unpaired) electrons. The summed E-state index contributed by atoms with van der Waals surface area (Å²) in [4.78, 5) is 11.7. The number of carbonyl (C=O) groups excluding carboxylic acids is 1. The lowest BCUT2D eigenvalue weighted by Gasteiger charge is -2.40. The minimum Gasteiger partial charge on any atom is -0.356 e. The molecule has 1 rings (SSSR count). The fraction of sp³-hybridized carbons (Fsp3) is 0.917. The average Bonchev–Trinajstić information content (AvgIpc) is 2.23. The quantitative estimate of drug-likeness (QED) is 0.640. The van der Waals surface area contributed by atoms with E-state index < -0.39 is 0 Å². The van der Waals surface area contributed by atoms with Gasteiger partial charge >= 0.3 is 0 Å². The highest BCUT2D eigenvalue weighted by Crippen LogP contribution is 2.42. The SMILES string of the molecule is CSCCCCNC(=O)CC1(CN)CCC1. The Morgan fingerprint density at radius 3 is 2.69 bits per heavy atom. The summed E-state index contributed by atoms with van der Waals surface area (Å²) < 4.78 is 0. The first-order valence-electron chi connectivity index (χ1n) is 6.18. The summed E-state index contributed by atoms with van der Waals surface area (Å²) in [5.41, 5.74) is 5.87. The molecule has 94 valence electrons. The molecule has 0 atom stereocenters. The highest BCUT2D eigenvalue weighted by Gasteiger charge is 2.37. The Balaban J connectivity index is 2.06. The zero-order valence-corrected chi connectivity index (χ0v) is 11.1. The van der Waals surface area contributed by atoms with E-state index in [1.54, 1.807) is 0 Å². The molecule has 16 heavy (non-hydrogen) atoms. The molecule has 3 nitrogen and oxygen atoms in total. The number of amides is 1. The molecule has 0 aromatic heterocycles. The molecule has 1 amide bonds. The van der Waals surface area contributed by atoms with Gasteiger partial charge in [0.15, 0.2) is 0 Å². The second-order valence-corrected chi connectivity index (χ2v) is 5.77. The first-order valence-corrected chi connectivity index (χ1v) is 7.57. The van der Waals surface area contributed by atoms with Crippen LogP contribution in [0.25, 0.3) is 0 Å². The van der Waals surface area contributed by atoms with Gasteiger partial charge in [-0.25, -0.2) is 0 Å². The van der Waals surface area contributed by atoms with Crippen LogP contribution in [0.15, 0.2) is 0 Å². The maximum absolute atomic E-state index is 11.7. The third kappa shape index (κ3) is 4.34. The van der Waals surface area contributed by atoms with E-state index in [-0.39, 0.29) is 11.3 Å². The van der Waals surface area contributed by atoms with Crippen LogP contribution in [0.1, 0.15) is 38.5 Å². The molecule has 3 N–H and O–H groups in total. The van der Waals surface area contributed by atoms with Crippen LogP contribution in [0.3, 0.4) is 0 Å². The fourth-order valence-corrected chi connectivity index (χ4v) is 2.62. The number of hydrogen-bond donors (Lipinski definition) is 2. The van der Waals surface area contributed by atoms with Crippen LogP contribution in [0.2, 0.25) is 0 Å². The van der Waals surface area contributed by atoms with Crippen molar-refractivity contribution < 1.29 is 4.79 Å². The van der Waals surface area contributed by atoms with Crippen LogP contribution < -0.4 is 11.1 Å². The van der Waals surface area contributed by atoms with Gasteiger partial charge in [-0.1, -0.05) is 6.42 Å². The van der Waals surface area contributed by atoms with Gasteiger partial charge in [0.2, 0.25) is 5.91 Å². The molecule has 0 saturated heterocycles. The van der Waals surface area contributed by atoms with Crippen LogP contribution in [-0.2, 0) is 4.79 Å². The van der Waals surface area contributed by atoms with Crippen LogP contribution in [0.4, 0.5) is 0 Å². The van der Waals surface area contributed by atoms with Crippen molar-refractivity contribution in [3.05, 3.63) is 0 Å². The average molecular weight is 244 g/mol.